The number of fused-ring (bicyclic) bond motifs is 2. The van der Waals surface area contributed by atoms with Crippen molar-refractivity contribution in [2.75, 3.05) is 0 Å². The van der Waals surface area contributed by atoms with Gasteiger partial charge in [-0.15, -0.1) is 11.3 Å². The van der Waals surface area contributed by atoms with Crippen LogP contribution in [0.2, 0.25) is 0 Å². The minimum Gasteiger partial charge on any atom is -0.459 e. The number of benzene rings is 1. The first-order valence-corrected chi connectivity index (χ1v) is 9.19. The fourth-order valence-corrected chi connectivity index (χ4v) is 3.94. The Hall–Kier alpha value is -2.86. The number of ether oxygens (including phenoxy) is 2. The average Bonchev–Trinajstić information content (AvgIpc) is 3.00. The molecule has 3 aromatic rings. The van der Waals surface area contributed by atoms with Crippen molar-refractivity contribution in [3.8, 4) is 11.9 Å². The zero-order chi connectivity index (χ0) is 18.3. The van der Waals surface area contributed by atoms with E-state index in [1.165, 1.54) is 15.6 Å². The molecule has 0 amide bonds. The first-order chi connectivity index (χ1) is 12.5. The molecule has 0 bridgehead atoms. The lowest BCUT2D eigenvalue weighted by Crippen LogP contribution is -2.19. The van der Waals surface area contributed by atoms with Gasteiger partial charge in [-0.2, -0.15) is 4.98 Å². The number of rotatable bonds is 4. The van der Waals surface area contributed by atoms with Crippen LogP contribution in [0.25, 0.3) is 15.7 Å². The first kappa shape index (κ1) is 16.6. The molecule has 5 nitrogen and oxygen atoms in total. The quantitative estimate of drug-likeness (QED) is 0.734. The van der Waals surface area contributed by atoms with E-state index in [1.54, 1.807) is 17.4 Å². The SMILES string of the molecule is C=C1C=C(CC)c2c(nc(OCc3cc4cc(C)ccc4s3)[nH]c2=O)O1. The second kappa shape index (κ2) is 6.46. The summed E-state index contributed by atoms with van der Waals surface area (Å²) in [5.41, 5.74) is 2.26. The van der Waals surface area contributed by atoms with Crippen molar-refractivity contribution in [3.05, 3.63) is 69.0 Å². The maximum Gasteiger partial charge on any atom is 0.300 e. The summed E-state index contributed by atoms with van der Waals surface area (Å²) in [5, 5.41) is 1.19. The normalized spacial score (nSPS) is 13.3. The number of thiophene rings is 1. The maximum atomic E-state index is 12.4. The van der Waals surface area contributed by atoms with Crippen LogP contribution in [0.1, 0.15) is 29.3 Å². The molecule has 2 aromatic heterocycles. The molecule has 0 atom stereocenters. The van der Waals surface area contributed by atoms with Gasteiger partial charge in [-0.25, -0.2) is 0 Å². The number of aromatic amines is 1. The smallest absolute Gasteiger partial charge is 0.300 e. The molecule has 0 aliphatic carbocycles. The number of nitrogens with one attached hydrogen (secondary N) is 1. The topological polar surface area (TPSA) is 64.2 Å². The van der Waals surface area contributed by atoms with E-state index in [0.29, 0.717) is 24.4 Å². The molecular formula is C20H18N2O3S. The molecule has 26 heavy (non-hydrogen) atoms. The fourth-order valence-electron chi connectivity index (χ4n) is 2.99. The van der Waals surface area contributed by atoms with Crippen LogP contribution < -0.4 is 15.0 Å². The largest absolute Gasteiger partial charge is 0.459 e. The van der Waals surface area contributed by atoms with Gasteiger partial charge in [0.15, 0.2) is 0 Å². The number of H-pyrrole nitrogens is 1. The summed E-state index contributed by atoms with van der Waals surface area (Å²) < 4.78 is 12.4. The zero-order valence-corrected chi connectivity index (χ0v) is 15.4. The van der Waals surface area contributed by atoms with Gasteiger partial charge >= 0.3 is 0 Å². The summed E-state index contributed by atoms with van der Waals surface area (Å²) in [6.07, 6.45) is 2.46. The van der Waals surface area contributed by atoms with Gasteiger partial charge in [-0.3, -0.25) is 9.78 Å². The van der Waals surface area contributed by atoms with E-state index in [1.807, 2.05) is 6.92 Å². The lowest BCUT2D eigenvalue weighted by molar-refractivity contribution is 0.276. The van der Waals surface area contributed by atoms with Crippen molar-refractivity contribution >= 4 is 27.0 Å². The van der Waals surface area contributed by atoms with Crippen LogP contribution in [0, 0.1) is 6.92 Å². The van der Waals surface area contributed by atoms with E-state index in [0.717, 1.165) is 10.5 Å². The van der Waals surface area contributed by atoms with E-state index in [9.17, 15) is 4.79 Å². The van der Waals surface area contributed by atoms with Crippen molar-refractivity contribution in [2.45, 2.75) is 26.9 Å². The van der Waals surface area contributed by atoms with Crippen molar-refractivity contribution in [1.82, 2.24) is 9.97 Å². The molecule has 132 valence electrons. The number of nitrogens with zero attached hydrogens (tertiary/aromatic N) is 1. The Morgan fingerprint density at radius 3 is 3.00 bits per heavy atom. The molecule has 1 aliphatic rings. The lowest BCUT2D eigenvalue weighted by atomic mass is 10.0. The summed E-state index contributed by atoms with van der Waals surface area (Å²) in [7, 11) is 0. The van der Waals surface area contributed by atoms with Crippen molar-refractivity contribution in [1.29, 1.82) is 0 Å². The van der Waals surface area contributed by atoms with E-state index >= 15 is 0 Å². The highest BCUT2D eigenvalue weighted by atomic mass is 32.1. The Kier molecular flexibility index (Phi) is 4.12. The van der Waals surface area contributed by atoms with Crippen molar-refractivity contribution in [3.63, 3.8) is 0 Å². The molecule has 1 aliphatic heterocycles. The van der Waals surface area contributed by atoms with Crippen molar-refractivity contribution < 1.29 is 9.47 Å². The van der Waals surface area contributed by atoms with Crippen LogP contribution in [0.3, 0.4) is 0 Å². The number of aromatic nitrogens is 2. The highest BCUT2D eigenvalue weighted by molar-refractivity contribution is 7.19. The van der Waals surface area contributed by atoms with Gasteiger partial charge in [0.2, 0.25) is 5.88 Å². The summed E-state index contributed by atoms with van der Waals surface area (Å²) in [5.74, 6) is 0.721. The third-order valence-corrected chi connectivity index (χ3v) is 5.29. The van der Waals surface area contributed by atoms with Gasteiger partial charge in [0.1, 0.15) is 17.9 Å². The standard InChI is InChI=1S/C20H18N2O3S/c1-4-13-8-12(3)25-19-17(13)18(23)21-20(22-19)24-10-15-9-14-7-11(2)5-6-16(14)26-15/h5-9H,3-4,10H2,1-2H3,(H,21,22,23). The van der Waals surface area contributed by atoms with Gasteiger partial charge in [-0.05, 0) is 42.5 Å². The molecule has 1 N–H and O–H groups in total. The Bertz CT molecular complexity index is 1110. The van der Waals surface area contributed by atoms with Crippen LogP contribution in [0.15, 0.2) is 47.5 Å². The maximum absolute atomic E-state index is 12.4. The summed E-state index contributed by atoms with van der Waals surface area (Å²) in [6.45, 7) is 8.18. The van der Waals surface area contributed by atoms with Crippen LogP contribution in [-0.4, -0.2) is 9.97 Å². The molecule has 3 heterocycles. The van der Waals surface area contributed by atoms with Gasteiger partial charge in [0, 0.05) is 9.58 Å². The van der Waals surface area contributed by atoms with E-state index in [2.05, 4.69) is 47.7 Å². The van der Waals surface area contributed by atoms with Crippen LogP contribution in [0.5, 0.6) is 11.9 Å². The summed E-state index contributed by atoms with van der Waals surface area (Å²) in [6, 6.07) is 8.59. The van der Waals surface area contributed by atoms with Gasteiger partial charge in [0.25, 0.3) is 11.6 Å². The third-order valence-electron chi connectivity index (χ3n) is 4.20. The van der Waals surface area contributed by atoms with Gasteiger partial charge in [0.05, 0.1) is 0 Å². The molecule has 4 rings (SSSR count). The Labute approximate surface area is 154 Å². The highest BCUT2D eigenvalue weighted by Gasteiger charge is 2.21. The van der Waals surface area contributed by atoms with E-state index in [4.69, 9.17) is 9.47 Å². The molecule has 0 unspecified atom stereocenters. The van der Waals surface area contributed by atoms with Crippen LogP contribution in [0.4, 0.5) is 0 Å². The average molecular weight is 366 g/mol. The minimum absolute atomic E-state index is 0.146. The third kappa shape index (κ3) is 3.04. The summed E-state index contributed by atoms with van der Waals surface area (Å²) in [4.78, 5) is 20.5. The van der Waals surface area contributed by atoms with Gasteiger partial charge in [-0.1, -0.05) is 31.2 Å². The van der Waals surface area contributed by atoms with Crippen LogP contribution in [-0.2, 0) is 6.61 Å². The number of allylic oxidation sites excluding steroid dienone is 2. The van der Waals surface area contributed by atoms with Gasteiger partial charge < -0.3 is 9.47 Å². The Balaban J connectivity index is 1.60. The minimum atomic E-state index is -0.266. The molecule has 0 spiro atoms. The molecule has 1 aromatic carbocycles. The summed E-state index contributed by atoms with van der Waals surface area (Å²) >= 11 is 1.66. The monoisotopic (exact) mass is 366 g/mol. The molecule has 6 heteroatoms. The molecule has 0 radical (unpaired) electrons. The predicted octanol–water partition coefficient (Wildman–Crippen LogP) is 4.57. The van der Waals surface area contributed by atoms with Crippen LogP contribution >= 0.6 is 11.3 Å². The lowest BCUT2D eigenvalue weighted by Gasteiger charge is -2.17. The fraction of sp³-hybridized carbons (Fsp3) is 0.200. The van der Waals surface area contributed by atoms with Crippen molar-refractivity contribution in [2.24, 2.45) is 0 Å². The number of hydrogen-bond acceptors (Lipinski definition) is 5. The second-order valence-electron chi connectivity index (χ2n) is 6.19. The Morgan fingerprint density at radius 1 is 1.35 bits per heavy atom. The predicted molar refractivity (Wildman–Crippen MR) is 104 cm³/mol. The number of hydrogen-bond donors (Lipinski definition) is 1. The molecule has 0 saturated heterocycles. The zero-order valence-electron chi connectivity index (χ0n) is 14.6. The molecular weight excluding hydrogens is 348 g/mol. The van der Waals surface area contributed by atoms with E-state index in [-0.39, 0.29) is 17.4 Å². The molecule has 0 saturated carbocycles. The second-order valence-corrected chi connectivity index (χ2v) is 7.35. The number of aryl methyl sites for hydroxylation is 1. The Morgan fingerprint density at radius 2 is 2.19 bits per heavy atom. The van der Waals surface area contributed by atoms with E-state index < -0.39 is 0 Å². The highest BCUT2D eigenvalue weighted by Crippen LogP contribution is 2.31. The molecule has 0 fully saturated rings. The first-order valence-electron chi connectivity index (χ1n) is 8.37.